The van der Waals surface area contributed by atoms with Gasteiger partial charge in [-0.05, 0) is 49.4 Å². The molecule has 1 aliphatic rings. The fraction of sp³-hybridized carbons (Fsp3) is 0.409. The van der Waals surface area contributed by atoms with Gasteiger partial charge in [0.25, 0.3) is 0 Å². The third kappa shape index (κ3) is 5.39. The zero-order valence-electron chi connectivity index (χ0n) is 16.6. The molecule has 0 aliphatic heterocycles. The van der Waals surface area contributed by atoms with Crippen LogP contribution < -0.4 is 20.5 Å². The van der Waals surface area contributed by atoms with E-state index in [2.05, 4.69) is 10.3 Å². The molecular formula is C22H29N3O3. The fourth-order valence-corrected chi connectivity index (χ4v) is 3.37. The summed E-state index contributed by atoms with van der Waals surface area (Å²) in [6.07, 6.45) is 4.99. The molecule has 0 bridgehead atoms. The molecule has 6 heteroatoms. The Kier molecular flexibility index (Phi) is 7.14. The van der Waals surface area contributed by atoms with Crippen molar-refractivity contribution in [3.63, 3.8) is 0 Å². The lowest BCUT2D eigenvalue weighted by atomic mass is 10.2. The summed E-state index contributed by atoms with van der Waals surface area (Å²) in [4.78, 5) is 4.45. The summed E-state index contributed by atoms with van der Waals surface area (Å²) in [7, 11) is 3.33. The van der Waals surface area contributed by atoms with Crippen molar-refractivity contribution in [2.24, 2.45) is 10.7 Å². The average Bonchev–Trinajstić information content (AvgIpc) is 3.22. The predicted octanol–water partition coefficient (Wildman–Crippen LogP) is 4.09. The average molecular weight is 383 g/mol. The highest BCUT2D eigenvalue weighted by Crippen LogP contribution is 2.32. The summed E-state index contributed by atoms with van der Waals surface area (Å²) in [5, 5.41) is 3.15. The van der Waals surface area contributed by atoms with Gasteiger partial charge in [0.2, 0.25) is 0 Å². The van der Waals surface area contributed by atoms with Crippen molar-refractivity contribution in [3.05, 3.63) is 53.6 Å². The molecule has 0 heterocycles. The summed E-state index contributed by atoms with van der Waals surface area (Å²) < 4.78 is 16.8. The van der Waals surface area contributed by atoms with Crippen LogP contribution in [-0.4, -0.2) is 26.3 Å². The molecule has 0 spiro atoms. The molecule has 0 amide bonds. The monoisotopic (exact) mass is 383 g/mol. The number of para-hydroxylation sites is 1. The number of benzene rings is 2. The maximum absolute atomic E-state index is 6.08. The molecule has 3 rings (SSSR count). The highest BCUT2D eigenvalue weighted by atomic mass is 16.5. The van der Waals surface area contributed by atoms with E-state index in [9.17, 15) is 0 Å². The van der Waals surface area contributed by atoms with E-state index in [0.717, 1.165) is 41.2 Å². The van der Waals surface area contributed by atoms with Crippen LogP contribution in [0.3, 0.4) is 0 Å². The van der Waals surface area contributed by atoms with Gasteiger partial charge in [0.1, 0.15) is 0 Å². The lowest BCUT2D eigenvalue weighted by Crippen LogP contribution is -2.23. The fourth-order valence-electron chi connectivity index (χ4n) is 3.37. The van der Waals surface area contributed by atoms with Gasteiger partial charge in [-0.15, -0.1) is 0 Å². The van der Waals surface area contributed by atoms with E-state index >= 15 is 0 Å². The molecule has 0 saturated heterocycles. The number of nitrogens with two attached hydrogens (primary N) is 1. The molecule has 0 atom stereocenters. The Bertz CT molecular complexity index is 801. The van der Waals surface area contributed by atoms with E-state index in [1.165, 1.54) is 12.8 Å². The molecule has 1 saturated carbocycles. The molecule has 28 heavy (non-hydrogen) atoms. The smallest absolute Gasteiger partial charge is 0.193 e. The number of ether oxygens (including phenoxy) is 3. The molecule has 1 fully saturated rings. The van der Waals surface area contributed by atoms with Crippen LogP contribution in [0.25, 0.3) is 0 Å². The van der Waals surface area contributed by atoms with E-state index in [-0.39, 0.29) is 0 Å². The van der Waals surface area contributed by atoms with Crippen LogP contribution in [0, 0.1) is 0 Å². The minimum absolute atomic E-state index is 0.296. The standard InChI is InChI=1S/C22H29N3O3/c1-26-15-17-7-3-6-10-19(17)25-22(23)24-14-16-11-12-20(21(13-16)27-2)28-18-8-4-5-9-18/h3,6-7,10-13,18H,4-5,8-9,14-15H2,1-2H3,(H3,23,24,25). The Morgan fingerprint density at radius 3 is 2.64 bits per heavy atom. The van der Waals surface area contributed by atoms with E-state index < -0.39 is 0 Å². The number of methoxy groups -OCH3 is 2. The van der Waals surface area contributed by atoms with E-state index in [0.29, 0.717) is 25.2 Å². The lowest BCUT2D eigenvalue weighted by Gasteiger charge is -2.16. The van der Waals surface area contributed by atoms with Gasteiger partial charge in [-0.25, -0.2) is 4.99 Å². The molecule has 150 valence electrons. The number of anilines is 1. The Balaban J connectivity index is 1.64. The highest BCUT2D eigenvalue weighted by molar-refractivity contribution is 5.92. The molecule has 2 aromatic rings. The summed E-state index contributed by atoms with van der Waals surface area (Å²) >= 11 is 0. The van der Waals surface area contributed by atoms with Gasteiger partial charge in [0, 0.05) is 18.4 Å². The molecule has 1 aliphatic carbocycles. The molecule has 0 radical (unpaired) electrons. The van der Waals surface area contributed by atoms with Crippen LogP contribution in [-0.2, 0) is 17.9 Å². The van der Waals surface area contributed by atoms with Crippen molar-refractivity contribution in [1.82, 2.24) is 0 Å². The van der Waals surface area contributed by atoms with Crippen molar-refractivity contribution in [1.29, 1.82) is 0 Å². The first kappa shape index (κ1) is 20.0. The number of nitrogens with zero attached hydrogens (tertiary/aromatic N) is 1. The zero-order chi connectivity index (χ0) is 19.8. The Hall–Kier alpha value is -2.73. The number of nitrogens with one attached hydrogen (secondary N) is 1. The number of hydrogen-bond donors (Lipinski definition) is 2. The van der Waals surface area contributed by atoms with Crippen LogP contribution in [0.4, 0.5) is 5.69 Å². The second-order valence-electron chi connectivity index (χ2n) is 6.93. The van der Waals surface area contributed by atoms with Gasteiger partial charge in [-0.1, -0.05) is 24.3 Å². The maximum Gasteiger partial charge on any atom is 0.193 e. The molecule has 2 aromatic carbocycles. The summed E-state index contributed by atoms with van der Waals surface area (Å²) in [6.45, 7) is 0.960. The Morgan fingerprint density at radius 1 is 1.11 bits per heavy atom. The number of hydrogen-bond acceptors (Lipinski definition) is 4. The molecule has 6 nitrogen and oxygen atoms in total. The quantitative estimate of drug-likeness (QED) is 0.530. The third-order valence-corrected chi connectivity index (χ3v) is 4.84. The topological polar surface area (TPSA) is 78.1 Å². The van der Waals surface area contributed by atoms with Crippen molar-refractivity contribution in [2.45, 2.75) is 44.9 Å². The van der Waals surface area contributed by atoms with Crippen LogP contribution in [0.15, 0.2) is 47.5 Å². The first-order chi connectivity index (χ1) is 13.7. The zero-order valence-corrected chi connectivity index (χ0v) is 16.6. The summed E-state index contributed by atoms with van der Waals surface area (Å²) in [5.74, 6) is 1.88. The van der Waals surface area contributed by atoms with E-state index in [1.54, 1.807) is 14.2 Å². The van der Waals surface area contributed by atoms with E-state index in [4.69, 9.17) is 19.9 Å². The van der Waals surface area contributed by atoms with Gasteiger partial charge in [-0.3, -0.25) is 0 Å². The minimum Gasteiger partial charge on any atom is -0.493 e. The van der Waals surface area contributed by atoms with Gasteiger partial charge in [-0.2, -0.15) is 0 Å². The normalized spacial score (nSPS) is 14.9. The molecule has 3 N–H and O–H groups in total. The SMILES string of the molecule is COCc1ccccc1NC(N)=NCc1ccc(OC2CCCC2)c(OC)c1. The molecule has 0 unspecified atom stereocenters. The van der Waals surface area contributed by atoms with Crippen molar-refractivity contribution in [3.8, 4) is 11.5 Å². The number of rotatable bonds is 8. The largest absolute Gasteiger partial charge is 0.493 e. The van der Waals surface area contributed by atoms with Gasteiger partial charge < -0.3 is 25.3 Å². The van der Waals surface area contributed by atoms with Crippen molar-refractivity contribution in [2.75, 3.05) is 19.5 Å². The third-order valence-electron chi connectivity index (χ3n) is 4.84. The van der Waals surface area contributed by atoms with Crippen LogP contribution in [0.2, 0.25) is 0 Å². The van der Waals surface area contributed by atoms with Crippen LogP contribution in [0.5, 0.6) is 11.5 Å². The van der Waals surface area contributed by atoms with E-state index in [1.807, 2.05) is 42.5 Å². The van der Waals surface area contributed by atoms with Crippen LogP contribution >= 0.6 is 0 Å². The second kappa shape index (κ2) is 9.99. The first-order valence-corrected chi connectivity index (χ1v) is 9.67. The van der Waals surface area contributed by atoms with Gasteiger partial charge in [0.15, 0.2) is 17.5 Å². The maximum atomic E-state index is 6.08. The molecular weight excluding hydrogens is 354 g/mol. The van der Waals surface area contributed by atoms with Crippen molar-refractivity contribution < 1.29 is 14.2 Å². The highest BCUT2D eigenvalue weighted by Gasteiger charge is 2.18. The number of guanidine groups is 1. The van der Waals surface area contributed by atoms with Gasteiger partial charge >= 0.3 is 0 Å². The summed E-state index contributed by atoms with van der Waals surface area (Å²) in [6, 6.07) is 13.8. The Labute approximate surface area is 166 Å². The lowest BCUT2D eigenvalue weighted by molar-refractivity contribution is 0.185. The first-order valence-electron chi connectivity index (χ1n) is 9.67. The Morgan fingerprint density at radius 2 is 1.89 bits per heavy atom. The van der Waals surface area contributed by atoms with Crippen LogP contribution in [0.1, 0.15) is 36.8 Å². The predicted molar refractivity (Wildman–Crippen MR) is 112 cm³/mol. The minimum atomic E-state index is 0.296. The number of aliphatic imine (C=N–C) groups is 1. The summed E-state index contributed by atoms with van der Waals surface area (Å²) in [5.41, 5.74) is 8.99. The molecule has 0 aromatic heterocycles. The van der Waals surface area contributed by atoms with Gasteiger partial charge in [0.05, 0.1) is 26.4 Å². The van der Waals surface area contributed by atoms with Crippen molar-refractivity contribution >= 4 is 11.6 Å². The second-order valence-corrected chi connectivity index (χ2v) is 6.93.